The maximum Gasteiger partial charge on any atom is 0.421 e. The van der Waals surface area contributed by atoms with Crippen LogP contribution in [0.2, 0.25) is 0 Å². The number of piperazine rings is 1. The topological polar surface area (TPSA) is 110 Å². The summed E-state index contributed by atoms with van der Waals surface area (Å²) in [7, 11) is 0. The molecule has 15 heteroatoms. The van der Waals surface area contributed by atoms with E-state index in [2.05, 4.69) is 20.4 Å². The minimum Gasteiger partial charge on any atom is -0.356 e. The van der Waals surface area contributed by atoms with Gasteiger partial charge in [0.15, 0.2) is 5.82 Å². The first-order chi connectivity index (χ1) is 19.0. The monoisotopic (exact) mass is 585 g/mol. The molecule has 1 amide bonds. The third kappa shape index (κ3) is 5.63. The van der Waals surface area contributed by atoms with Crippen molar-refractivity contribution in [2.24, 2.45) is 5.92 Å². The molecule has 0 aromatic carbocycles. The highest BCUT2D eigenvalue weighted by atomic mass is 19.4. The summed E-state index contributed by atoms with van der Waals surface area (Å²) in [5, 5.41) is 8.99. The first kappa shape index (κ1) is 28.9. The van der Waals surface area contributed by atoms with Crippen molar-refractivity contribution in [1.82, 2.24) is 30.4 Å². The number of halogens is 6. The Morgan fingerprint density at radius 2 is 1.63 bits per heavy atom. The third-order valence-corrected chi connectivity index (χ3v) is 7.78. The van der Waals surface area contributed by atoms with Gasteiger partial charge in [-0.15, -0.1) is 0 Å². The molecule has 3 aromatic heterocycles. The Kier molecular flexibility index (Phi) is 7.07. The van der Waals surface area contributed by atoms with Crippen LogP contribution in [0.25, 0.3) is 10.9 Å². The van der Waals surface area contributed by atoms with Crippen LogP contribution < -0.4 is 15.8 Å². The van der Waals surface area contributed by atoms with Crippen LogP contribution in [0.4, 0.5) is 32.2 Å². The number of fused-ring (bicyclic) bond motifs is 1. The molecule has 3 N–H and O–H groups in total. The zero-order valence-corrected chi connectivity index (χ0v) is 22.5. The van der Waals surface area contributed by atoms with E-state index in [0.717, 1.165) is 12.3 Å². The molecule has 2 fully saturated rings. The smallest absolute Gasteiger partial charge is 0.356 e. The summed E-state index contributed by atoms with van der Waals surface area (Å²) in [5.41, 5.74) is -3.51. The van der Waals surface area contributed by atoms with Crippen LogP contribution in [0.1, 0.15) is 49.2 Å². The van der Waals surface area contributed by atoms with Crippen molar-refractivity contribution in [2.45, 2.75) is 57.5 Å². The van der Waals surface area contributed by atoms with Gasteiger partial charge in [-0.3, -0.25) is 9.59 Å². The first-order valence-electron chi connectivity index (χ1n) is 13.1. The zero-order chi connectivity index (χ0) is 29.9. The van der Waals surface area contributed by atoms with E-state index in [1.54, 1.807) is 25.7 Å². The number of hydrogen-bond acceptors (Lipinski definition) is 6. The molecule has 0 radical (unpaired) electrons. The lowest BCUT2D eigenvalue weighted by molar-refractivity contribution is -0.140. The minimum absolute atomic E-state index is 0.0265. The second-order valence-electron chi connectivity index (χ2n) is 11.2. The standard InChI is InChI=1S/C26H29F6N7O2/c1-13-8-16-18(26(30,31)32)12-33-21(20(16)34-13)38-4-6-39(7-5-38)23(41)14-9-15(10-14)35-24(2,3)19-11-17(25(27,28)29)22(40)37-36-19/h8,11-12,14-15,34-35H,4-7,9-10H2,1-3H3,(H,37,40). The number of H-pyrrole nitrogens is 2. The van der Waals surface area contributed by atoms with E-state index >= 15 is 0 Å². The first-order valence-corrected chi connectivity index (χ1v) is 13.1. The fraction of sp³-hybridized carbons (Fsp3) is 0.538. The van der Waals surface area contributed by atoms with E-state index in [9.17, 15) is 35.9 Å². The van der Waals surface area contributed by atoms with Gasteiger partial charge >= 0.3 is 12.4 Å². The second-order valence-corrected chi connectivity index (χ2v) is 11.2. The van der Waals surface area contributed by atoms with Crippen LogP contribution in [0, 0.1) is 12.8 Å². The lowest BCUT2D eigenvalue weighted by Crippen LogP contribution is -2.56. The molecule has 2 aliphatic rings. The fourth-order valence-corrected chi connectivity index (χ4v) is 5.56. The van der Waals surface area contributed by atoms with Crippen molar-refractivity contribution in [3.05, 3.63) is 51.2 Å². The van der Waals surface area contributed by atoms with Crippen LogP contribution in [0.5, 0.6) is 0 Å². The molecule has 1 saturated carbocycles. The quantitative estimate of drug-likeness (QED) is 0.392. The number of pyridine rings is 1. The van der Waals surface area contributed by atoms with Gasteiger partial charge in [0.2, 0.25) is 5.91 Å². The molecular weight excluding hydrogens is 556 g/mol. The molecule has 0 spiro atoms. The van der Waals surface area contributed by atoms with Gasteiger partial charge < -0.3 is 20.1 Å². The number of aryl methyl sites for hydroxylation is 1. The highest BCUT2D eigenvalue weighted by Crippen LogP contribution is 2.38. The summed E-state index contributed by atoms with van der Waals surface area (Å²) < 4.78 is 79.9. The van der Waals surface area contributed by atoms with Gasteiger partial charge in [-0.25, -0.2) is 10.1 Å². The van der Waals surface area contributed by atoms with E-state index < -0.39 is 34.6 Å². The zero-order valence-electron chi connectivity index (χ0n) is 22.5. The summed E-state index contributed by atoms with van der Waals surface area (Å²) >= 11 is 0. The number of nitrogens with zero attached hydrogens (tertiary/aromatic N) is 4. The Morgan fingerprint density at radius 1 is 1.00 bits per heavy atom. The van der Waals surface area contributed by atoms with Crippen LogP contribution >= 0.6 is 0 Å². The molecule has 4 heterocycles. The fourth-order valence-electron chi connectivity index (χ4n) is 5.56. The second kappa shape index (κ2) is 10.0. The Bertz CT molecular complexity index is 1510. The van der Waals surface area contributed by atoms with Crippen LogP contribution in [0.3, 0.4) is 0 Å². The van der Waals surface area contributed by atoms with Gasteiger partial charge in [0, 0.05) is 55.4 Å². The molecule has 222 valence electrons. The number of aromatic nitrogens is 4. The molecule has 1 saturated heterocycles. The third-order valence-electron chi connectivity index (χ3n) is 7.78. The summed E-state index contributed by atoms with van der Waals surface area (Å²) in [4.78, 5) is 35.4. The van der Waals surface area contributed by atoms with Crippen molar-refractivity contribution >= 4 is 22.6 Å². The molecule has 0 atom stereocenters. The lowest BCUT2D eigenvalue weighted by Gasteiger charge is -2.43. The number of anilines is 1. The van der Waals surface area contributed by atoms with Crippen molar-refractivity contribution in [3.63, 3.8) is 0 Å². The van der Waals surface area contributed by atoms with E-state index in [4.69, 9.17) is 0 Å². The Labute approximate surface area is 230 Å². The lowest BCUT2D eigenvalue weighted by atomic mass is 9.77. The van der Waals surface area contributed by atoms with E-state index in [0.29, 0.717) is 56.0 Å². The molecule has 9 nitrogen and oxygen atoms in total. The molecule has 1 aliphatic carbocycles. The van der Waals surface area contributed by atoms with Gasteiger partial charge in [-0.05, 0) is 45.7 Å². The minimum atomic E-state index is -4.81. The Hall–Kier alpha value is -3.62. The number of alkyl halides is 6. The van der Waals surface area contributed by atoms with Crippen molar-refractivity contribution in [3.8, 4) is 0 Å². The van der Waals surface area contributed by atoms with Crippen LogP contribution in [-0.2, 0) is 22.7 Å². The Morgan fingerprint density at radius 3 is 2.24 bits per heavy atom. The number of amides is 1. The average molecular weight is 586 g/mol. The molecule has 41 heavy (non-hydrogen) atoms. The maximum atomic E-state index is 13.5. The maximum absolute atomic E-state index is 13.5. The predicted octanol–water partition coefficient (Wildman–Crippen LogP) is 3.94. The summed E-state index contributed by atoms with van der Waals surface area (Å²) in [5.74, 6) is 0.113. The van der Waals surface area contributed by atoms with Gasteiger partial charge in [-0.1, -0.05) is 0 Å². The van der Waals surface area contributed by atoms with Crippen molar-refractivity contribution < 1.29 is 31.1 Å². The summed E-state index contributed by atoms with van der Waals surface area (Å²) in [6.45, 7) is 6.55. The number of nitrogens with one attached hydrogen (secondary N) is 3. The number of rotatable bonds is 5. The highest BCUT2D eigenvalue weighted by molar-refractivity contribution is 5.93. The largest absolute Gasteiger partial charge is 0.421 e. The predicted molar refractivity (Wildman–Crippen MR) is 137 cm³/mol. The normalized spacial score (nSPS) is 20.4. The number of hydrogen-bond donors (Lipinski definition) is 3. The van der Waals surface area contributed by atoms with E-state index in [1.165, 1.54) is 6.07 Å². The van der Waals surface area contributed by atoms with Crippen molar-refractivity contribution in [2.75, 3.05) is 31.1 Å². The summed E-state index contributed by atoms with van der Waals surface area (Å²) in [6, 6.07) is 2.05. The number of aromatic amines is 2. The molecule has 1 aliphatic heterocycles. The SMILES string of the molecule is Cc1cc2c(C(F)(F)F)cnc(N3CCN(C(=O)C4CC(NC(C)(C)c5cc(C(F)(F)F)c(=O)[nH]n5)C4)CC3)c2[nH]1. The molecule has 0 unspecified atom stereocenters. The van der Waals surface area contributed by atoms with E-state index in [-0.39, 0.29) is 28.9 Å². The number of carbonyl (C=O) groups is 1. The molecule has 0 bridgehead atoms. The van der Waals surface area contributed by atoms with E-state index in [1.807, 2.05) is 10.00 Å². The van der Waals surface area contributed by atoms with Gasteiger partial charge in [0.05, 0.1) is 22.3 Å². The van der Waals surface area contributed by atoms with Crippen LogP contribution in [0.15, 0.2) is 23.1 Å². The molecule has 5 rings (SSSR count). The van der Waals surface area contributed by atoms with Gasteiger partial charge in [-0.2, -0.15) is 31.4 Å². The van der Waals surface area contributed by atoms with Gasteiger partial charge in [0.25, 0.3) is 5.56 Å². The molecule has 3 aromatic rings. The molecular formula is C26H29F6N7O2. The number of carbonyl (C=O) groups excluding carboxylic acids is 1. The Balaban J connectivity index is 1.18. The average Bonchev–Trinajstić information content (AvgIpc) is 3.25. The van der Waals surface area contributed by atoms with Crippen molar-refractivity contribution in [1.29, 1.82) is 0 Å². The van der Waals surface area contributed by atoms with Gasteiger partial charge in [0.1, 0.15) is 5.56 Å². The highest BCUT2D eigenvalue weighted by Gasteiger charge is 2.42. The summed E-state index contributed by atoms with van der Waals surface area (Å²) in [6.07, 6.45) is -7.52. The van der Waals surface area contributed by atoms with Crippen LogP contribution in [-0.4, -0.2) is 63.2 Å².